The normalized spacial score (nSPS) is 22.0. The Balaban J connectivity index is 1.35. The Morgan fingerprint density at radius 3 is 2.73 bits per heavy atom. The van der Waals surface area contributed by atoms with Gasteiger partial charge in [-0.1, -0.05) is 0 Å². The Labute approximate surface area is 130 Å². The Morgan fingerprint density at radius 1 is 1.23 bits per heavy atom. The predicted molar refractivity (Wildman–Crippen MR) is 81.0 cm³/mol. The van der Waals surface area contributed by atoms with Gasteiger partial charge in [0.2, 0.25) is 0 Å². The lowest BCUT2D eigenvalue weighted by Gasteiger charge is -2.35. The number of piperidine rings is 1. The third-order valence-electron chi connectivity index (χ3n) is 4.99. The van der Waals surface area contributed by atoms with Crippen molar-refractivity contribution in [1.82, 2.24) is 34.9 Å². The molecule has 0 amide bonds. The van der Waals surface area contributed by atoms with E-state index in [0.29, 0.717) is 12.1 Å². The first-order chi connectivity index (χ1) is 10.8. The van der Waals surface area contributed by atoms with Crippen molar-refractivity contribution in [3.05, 3.63) is 24.3 Å². The highest BCUT2D eigenvalue weighted by molar-refractivity contribution is 4.97. The fourth-order valence-corrected chi connectivity index (χ4v) is 3.41. The molecule has 0 bridgehead atoms. The van der Waals surface area contributed by atoms with Crippen molar-refractivity contribution in [3.63, 3.8) is 0 Å². The minimum Gasteiger partial charge on any atom is -0.294 e. The van der Waals surface area contributed by atoms with E-state index < -0.39 is 0 Å². The second kappa shape index (κ2) is 5.79. The molecule has 1 aliphatic carbocycles. The van der Waals surface area contributed by atoms with Crippen molar-refractivity contribution in [2.24, 2.45) is 5.92 Å². The third-order valence-corrected chi connectivity index (χ3v) is 4.99. The number of aromatic nitrogens is 6. The van der Waals surface area contributed by atoms with E-state index in [2.05, 4.69) is 43.3 Å². The quantitative estimate of drug-likeness (QED) is 0.840. The average Bonchev–Trinajstić information content (AvgIpc) is 3.06. The van der Waals surface area contributed by atoms with Gasteiger partial charge in [-0.05, 0) is 68.1 Å². The molecule has 2 aliphatic rings. The van der Waals surface area contributed by atoms with E-state index >= 15 is 0 Å². The van der Waals surface area contributed by atoms with Crippen molar-refractivity contribution in [2.75, 3.05) is 13.1 Å². The maximum absolute atomic E-state index is 4.32. The Morgan fingerprint density at radius 2 is 2.05 bits per heavy atom. The monoisotopic (exact) mass is 301 g/mol. The van der Waals surface area contributed by atoms with Gasteiger partial charge in [-0.25, -0.2) is 4.68 Å². The summed E-state index contributed by atoms with van der Waals surface area (Å²) < 4.78 is 4.10. The van der Waals surface area contributed by atoms with Crippen LogP contribution in [0.15, 0.2) is 18.5 Å². The fourth-order valence-electron chi connectivity index (χ4n) is 3.41. The van der Waals surface area contributed by atoms with Crippen molar-refractivity contribution >= 4 is 0 Å². The SMILES string of the molecule is CC(c1nnnn1C1CC1)N1CCC(Cn2cccn2)CC1. The van der Waals surface area contributed by atoms with Crippen molar-refractivity contribution in [1.29, 1.82) is 0 Å². The van der Waals surface area contributed by atoms with E-state index in [1.54, 1.807) is 0 Å². The molecular formula is C15H23N7. The third kappa shape index (κ3) is 2.77. The summed E-state index contributed by atoms with van der Waals surface area (Å²) in [5, 5.41) is 16.7. The Bertz CT molecular complexity index is 593. The molecule has 1 aliphatic heterocycles. The molecule has 0 spiro atoms. The van der Waals surface area contributed by atoms with E-state index in [0.717, 1.165) is 31.4 Å². The molecule has 0 N–H and O–H groups in total. The summed E-state index contributed by atoms with van der Waals surface area (Å²) in [6.07, 6.45) is 8.78. The molecule has 0 radical (unpaired) electrons. The molecule has 118 valence electrons. The summed E-state index contributed by atoms with van der Waals surface area (Å²) in [6, 6.07) is 2.85. The van der Waals surface area contributed by atoms with E-state index in [1.807, 2.05) is 16.9 Å². The first kappa shape index (κ1) is 13.9. The zero-order valence-electron chi connectivity index (χ0n) is 13.0. The molecule has 0 aromatic carbocycles. The maximum atomic E-state index is 4.32. The van der Waals surface area contributed by atoms with Gasteiger partial charge in [-0.2, -0.15) is 5.10 Å². The van der Waals surface area contributed by atoms with Crippen LogP contribution < -0.4 is 0 Å². The second-order valence-corrected chi connectivity index (χ2v) is 6.60. The van der Waals surface area contributed by atoms with E-state index in [4.69, 9.17) is 0 Å². The van der Waals surface area contributed by atoms with Crippen LogP contribution in [-0.2, 0) is 6.54 Å². The molecule has 1 unspecified atom stereocenters. The topological polar surface area (TPSA) is 64.7 Å². The standard InChI is InChI=1S/C15H23N7/c1-12(15-17-18-19-22(15)14-3-4-14)20-9-5-13(6-10-20)11-21-8-2-7-16-21/h2,7-8,12-14H,3-6,9-11H2,1H3. The van der Waals surface area contributed by atoms with Crippen molar-refractivity contribution in [2.45, 2.75) is 51.2 Å². The van der Waals surface area contributed by atoms with Crippen LogP contribution in [0.25, 0.3) is 0 Å². The molecule has 1 atom stereocenters. The molecular weight excluding hydrogens is 278 g/mol. The van der Waals surface area contributed by atoms with Gasteiger partial charge < -0.3 is 0 Å². The van der Waals surface area contributed by atoms with E-state index in [1.165, 1.54) is 25.7 Å². The molecule has 2 fully saturated rings. The highest BCUT2D eigenvalue weighted by Gasteiger charge is 2.32. The lowest BCUT2D eigenvalue weighted by atomic mass is 9.96. The van der Waals surface area contributed by atoms with Gasteiger partial charge in [-0.15, -0.1) is 5.10 Å². The highest BCUT2D eigenvalue weighted by Crippen LogP contribution is 2.36. The predicted octanol–water partition coefficient (Wildman–Crippen LogP) is 1.68. The first-order valence-corrected chi connectivity index (χ1v) is 8.30. The number of likely N-dealkylation sites (tertiary alicyclic amines) is 1. The van der Waals surface area contributed by atoms with Gasteiger partial charge in [0.25, 0.3) is 0 Å². The van der Waals surface area contributed by atoms with Crippen LogP contribution in [0.4, 0.5) is 0 Å². The van der Waals surface area contributed by atoms with E-state index in [9.17, 15) is 0 Å². The molecule has 1 saturated carbocycles. The van der Waals surface area contributed by atoms with Gasteiger partial charge >= 0.3 is 0 Å². The van der Waals surface area contributed by atoms with E-state index in [-0.39, 0.29) is 0 Å². The van der Waals surface area contributed by atoms with Gasteiger partial charge in [0, 0.05) is 18.9 Å². The van der Waals surface area contributed by atoms with Crippen molar-refractivity contribution < 1.29 is 0 Å². The smallest absolute Gasteiger partial charge is 0.168 e. The van der Waals surface area contributed by atoms with Gasteiger partial charge in [0.1, 0.15) is 0 Å². The number of hydrogen-bond acceptors (Lipinski definition) is 5. The van der Waals surface area contributed by atoms with Crippen LogP contribution in [-0.4, -0.2) is 48.0 Å². The number of tetrazole rings is 1. The summed E-state index contributed by atoms with van der Waals surface area (Å²) in [5.74, 6) is 1.76. The molecule has 22 heavy (non-hydrogen) atoms. The van der Waals surface area contributed by atoms with Crippen LogP contribution in [0, 0.1) is 5.92 Å². The summed E-state index contributed by atoms with van der Waals surface area (Å²) in [7, 11) is 0. The van der Waals surface area contributed by atoms with Gasteiger partial charge in [0.15, 0.2) is 5.82 Å². The summed E-state index contributed by atoms with van der Waals surface area (Å²) >= 11 is 0. The Kier molecular flexibility index (Phi) is 3.65. The number of rotatable bonds is 5. The van der Waals surface area contributed by atoms with Crippen LogP contribution in [0.3, 0.4) is 0 Å². The number of nitrogens with zero attached hydrogens (tertiary/aromatic N) is 7. The van der Waals surface area contributed by atoms with Crippen molar-refractivity contribution in [3.8, 4) is 0 Å². The lowest BCUT2D eigenvalue weighted by molar-refractivity contribution is 0.125. The second-order valence-electron chi connectivity index (χ2n) is 6.60. The number of hydrogen-bond donors (Lipinski definition) is 0. The van der Waals surface area contributed by atoms with Crippen LogP contribution >= 0.6 is 0 Å². The fraction of sp³-hybridized carbons (Fsp3) is 0.733. The molecule has 7 nitrogen and oxygen atoms in total. The molecule has 2 aromatic rings. The highest BCUT2D eigenvalue weighted by atomic mass is 15.6. The maximum Gasteiger partial charge on any atom is 0.168 e. The largest absolute Gasteiger partial charge is 0.294 e. The summed E-state index contributed by atoms with van der Waals surface area (Å²) in [4.78, 5) is 2.52. The Hall–Kier alpha value is -1.76. The van der Waals surface area contributed by atoms with Crippen LogP contribution in [0.2, 0.25) is 0 Å². The molecule has 2 aromatic heterocycles. The molecule has 7 heteroatoms. The van der Waals surface area contributed by atoms with Crippen LogP contribution in [0.5, 0.6) is 0 Å². The minimum absolute atomic E-state index is 0.307. The summed E-state index contributed by atoms with van der Waals surface area (Å²) in [6.45, 7) is 5.50. The zero-order chi connectivity index (χ0) is 14.9. The van der Waals surface area contributed by atoms with Gasteiger partial charge in [0.05, 0.1) is 12.1 Å². The lowest BCUT2D eigenvalue weighted by Crippen LogP contribution is -2.37. The minimum atomic E-state index is 0.307. The molecule has 3 heterocycles. The first-order valence-electron chi connectivity index (χ1n) is 8.30. The molecule has 4 rings (SSSR count). The summed E-state index contributed by atoms with van der Waals surface area (Å²) in [5.41, 5.74) is 0. The van der Waals surface area contributed by atoms with Gasteiger partial charge in [-0.3, -0.25) is 9.58 Å². The zero-order valence-corrected chi connectivity index (χ0v) is 13.0. The molecule has 1 saturated heterocycles. The average molecular weight is 301 g/mol. The van der Waals surface area contributed by atoms with Crippen LogP contribution in [0.1, 0.15) is 50.5 Å².